The second kappa shape index (κ2) is 5.39. The van der Waals surface area contributed by atoms with Crippen molar-refractivity contribution in [1.29, 1.82) is 0 Å². The van der Waals surface area contributed by atoms with Crippen molar-refractivity contribution in [3.63, 3.8) is 0 Å². The van der Waals surface area contributed by atoms with Crippen LogP contribution in [0.2, 0.25) is 0 Å². The largest absolute Gasteiger partial charge is 0.383 e. The zero-order valence-corrected chi connectivity index (χ0v) is 10.8. The summed E-state index contributed by atoms with van der Waals surface area (Å²) in [5, 5.41) is 0. The summed E-state index contributed by atoms with van der Waals surface area (Å²) in [5.74, 6) is 0.0385. The van der Waals surface area contributed by atoms with Crippen molar-refractivity contribution in [3.8, 4) is 0 Å². The first-order valence-corrected chi connectivity index (χ1v) is 6.38. The van der Waals surface area contributed by atoms with Gasteiger partial charge in [0.1, 0.15) is 4.90 Å². The number of ether oxygens (including phenoxy) is 1. The van der Waals surface area contributed by atoms with E-state index in [0.717, 1.165) is 0 Å². The Morgan fingerprint density at radius 2 is 2.00 bits per heavy atom. The quantitative estimate of drug-likeness (QED) is 0.781. The average Bonchev–Trinajstić information content (AvgIpc) is 2.29. The van der Waals surface area contributed by atoms with Crippen LogP contribution in [0.4, 0.5) is 5.95 Å². The van der Waals surface area contributed by atoms with Crippen molar-refractivity contribution in [2.45, 2.75) is 17.9 Å². The standard InChI is InChI=1S/C9H16N4O3S/c1-7(6-16-3)13(2)17(14,15)8-4-11-9(10)12-5-8/h4-5,7H,6H2,1-3H3,(H2,10,11,12). The van der Waals surface area contributed by atoms with Gasteiger partial charge >= 0.3 is 0 Å². The number of sulfonamides is 1. The number of methoxy groups -OCH3 is 1. The summed E-state index contributed by atoms with van der Waals surface area (Å²) in [6.07, 6.45) is 2.38. The molecule has 0 amide bonds. The van der Waals surface area contributed by atoms with Gasteiger partial charge in [0.15, 0.2) is 0 Å². The first kappa shape index (κ1) is 13.8. The minimum Gasteiger partial charge on any atom is -0.383 e. The van der Waals surface area contributed by atoms with Crippen LogP contribution in [0.3, 0.4) is 0 Å². The third-order valence-electron chi connectivity index (χ3n) is 2.35. The molecule has 0 saturated carbocycles. The molecule has 0 aliphatic carbocycles. The molecule has 0 fully saturated rings. The van der Waals surface area contributed by atoms with Gasteiger partial charge in [0.25, 0.3) is 0 Å². The van der Waals surface area contributed by atoms with Crippen molar-refractivity contribution in [2.24, 2.45) is 0 Å². The van der Waals surface area contributed by atoms with E-state index in [2.05, 4.69) is 9.97 Å². The zero-order valence-electron chi connectivity index (χ0n) is 9.99. The molecule has 8 heteroatoms. The molecule has 0 aromatic carbocycles. The number of hydrogen-bond acceptors (Lipinski definition) is 6. The van der Waals surface area contributed by atoms with Crippen LogP contribution in [0.25, 0.3) is 0 Å². The molecule has 7 nitrogen and oxygen atoms in total. The molecule has 17 heavy (non-hydrogen) atoms. The molecular formula is C9H16N4O3S. The number of anilines is 1. The highest BCUT2D eigenvalue weighted by Crippen LogP contribution is 2.15. The third-order valence-corrected chi connectivity index (χ3v) is 4.28. The lowest BCUT2D eigenvalue weighted by Crippen LogP contribution is -2.37. The van der Waals surface area contributed by atoms with Crippen LogP contribution in [-0.4, -0.2) is 49.5 Å². The van der Waals surface area contributed by atoms with Gasteiger partial charge in [-0.1, -0.05) is 0 Å². The van der Waals surface area contributed by atoms with Gasteiger partial charge in [0.05, 0.1) is 19.0 Å². The topological polar surface area (TPSA) is 98.4 Å². The number of hydrogen-bond donors (Lipinski definition) is 1. The second-order valence-electron chi connectivity index (χ2n) is 3.60. The molecule has 0 radical (unpaired) electrons. The maximum Gasteiger partial charge on any atom is 0.246 e. The fourth-order valence-electron chi connectivity index (χ4n) is 1.21. The molecule has 96 valence electrons. The van der Waals surface area contributed by atoms with Gasteiger partial charge in [-0.15, -0.1) is 0 Å². The molecule has 0 bridgehead atoms. The highest BCUT2D eigenvalue weighted by molar-refractivity contribution is 7.89. The smallest absolute Gasteiger partial charge is 0.246 e. The SMILES string of the molecule is COCC(C)N(C)S(=O)(=O)c1cnc(N)nc1. The van der Waals surface area contributed by atoms with Gasteiger partial charge in [-0.2, -0.15) is 4.31 Å². The summed E-state index contributed by atoms with van der Waals surface area (Å²) in [5.41, 5.74) is 5.30. The van der Waals surface area contributed by atoms with Gasteiger partial charge in [0.2, 0.25) is 16.0 Å². The van der Waals surface area contributed by atoms with Gasteiger partial charge in [-0.25, -0.2) is 18.4 Å². The molecule has 0 spiro atoms. The number of rotatable bonds is 5. The summed E-state index contributed by atoms with van der Waals surface area (Å²) >= 11 is 0. The Kier molecular flexibility index (Phi) is 4.38. The molecule has 0 aliphatic heterocycles. The number of nitrogen functional groups attached to an aromatic ring is 1. The van der Waals surface area contributed by atoms with Gasteiger partial charge < -0.3 is 10.5 Å². The first-order chi connectivity index (χ1) is 7.89. The molecule has 1 rings (SSSR count). The molecule has 1 heterocycles. The van der Waals surface area contributed by atoms with Crippen LogP contribution in [0.1, 0.15) is 6.92 Å². The fraction of sp³-hybridized carbons (Fsp3) is 0.556. The Morgan fingerprint density at radius 1 is 1.47 bits per heavy atom. The molecule has 2 N–H and O–H groups in total. The van der Waals surface area contributed by atoms with Crippen LogP contribution < -0.4 is 5.73 Å². The van der Waals surface area contributed by atoms with Gasteiger partial charge in [0, 0.05) is 20.2 Å². The second-order valence-corrected chi connectivity index (χ2v) is 5.60. The Hall–Kier alpha value is -1.25. The molecule has 0 aliphatic rings. The van der Waals surface area contributed by atoms with E-state index in [1.165, 1.54) is 30.9 Å². The number of likely N-dealkylation sites (N-methyl/N-ethyl adjacent to an activating group) is 1. The summed E-state index contributed by atoms with van der Waals surface area (Å²) in [6, 6.07) is -0.275. The Bertz CT molecular complexity index is 460. The van der Waals surface area contributed by atoms with E-state index in [4.69, 9.17) is 10.5 Å². The van der Waals surface area contributed by atoms with Gasteiger partial charge in [-0.3, -0.25) is 0 Å². The van der Waals surface area contributed by atoms with E-state index >= 15 is 0 Å². The Morgan fingerprint density at radius 3 is 2.47 bits per heavy atom. The van der Waals surface area contributed by atoms with Crippen molar-refractivity contribution in [1.82, 2.24) is 14.3 Å². The van der Waals surface area contributed by atoms with Crippen molar-refractivity contribution >= 4 is 16.0 Å². The predicted octanol–water partition coefficient (Wildman–Crippen LogP) is -0.286. The lowest BCUT2D eigenvalue weighted by molar-refractivity contribution is 0.149. The van der Waals surface area contributed by atoms with Crippen LogP contribution in [0, 0.1) is 0 Å². The fourth-order valence-corrected chi connectivity index (χ4v) is 2.45. The van der Waals surface area contributed by atoms with E-state index < -0.39 is 10.0 Å². The minimum atomic E-state index is -3.60. The predicted molar refractivity (Wildman–Crippen MR) is 62.7 cm³/mol. The third kappa shape index (κ3) is 3.11. The number of nitrogens with two attached hydrogens (primary N) is 1. The summed E-state index contributed by atoms with van der Waals surface area (Å²) < 4.78 is 30.3. The molecular weight excluding hydrogens is 244 g/mol. The molecule has 1 aromatic heterocycles. The van der Waals surface area contributed by atoms with E-state index in [1.54, 1.807) is 6.92 Å². The minimum absolute atomic E-state index is 0.0113. The van der Waals surface area contributed by atoms with E-state index in [-0.39, 0.29) is 16.9 Å². The molecule has 1 aromatic rings. The van der Waals surface area contributed by atoms with Crippen molar-refractivity contribution < 1.29 is 13.2 Å². The highest BCUT2D eigenvalue weighted by atomic mass is 32.2. The highest BCUT2D eigenvalue weighted by Gasteiger charge is 2.25. The van der Waals surface area contributed by atoms with E-state index in [9.17, 15) is 8.42 Å². The van der Waals surface area contributed by atoms with Crippen molar-refractivity contribution in [3.05, 3.63) is 12.4 Å². The zero-order chi connectivity index (χ0) is 13.1. The first-order valence-electron chi connectivity index (χ1n) is 4.94. The Balaban J connectivity index is 2.98. The van der Waals surface area contributed by atoms with Crippen molar-refractivity contribution in [2.75, 3.05) is 26.5 Å². The molecule has 1 atom stereocenters. The average molecular weight is 260 g/mol. The van der Waals surface area contributed by atoms with Gasteiger partial charge in [-0.05, 0) is 6.92 Å². The summed E-state index contributed by atoms with van der Waals surface area (Å²) in [7, 11) is -0.606. The van der Waals surface area contributed by atoms with E-state index in [1.807, 2.05) is 0 Å². The maximum absolute atomic E-state index is 12.1. The van der Waals surface area contributed by atoms with Crippen LogP contribution in [-0.2, 0) is 14.8 Å². The monoisotopic (exact) mass is 260 g/mol. The maximum atomic E-state index is 12.1. The lowest BCUT2D eigenvalue weighted by atomic mass is 10.4. The number of aromatic nitrogens is 2. The summed E-state index contributed by atoms with van der Waals surface area (Å²) in [6.45, 7) is 2.06. The lowest BCUT2D eigenvalue weighted by Gasteiger charge is -2.23. The Labute approximate surface area is 101 Å². The molecule has 0 saturated heterocycles. The van der Waals surface area contributed by atoms with Crippen LogP contribution in [0.5, 0.6) is 0 Å². The number of nitrogens with zero attached hydrogens (tertiary/aromatic N) is 3. The normalized spacial score (nSPS) is 13.9. The van der Waals surface area contributed by atoms with E-state index in [0.29, 0.717) is 6.61 Å². The van der Waals surface area contributed by atoms with Crippen LogP contribution in [0.15, 0.2) is 17.3 Å². The summed E-state index contributed by atoms with van der Waals surface area (Å²) in [4.78, 5) is 7.34. The van der Waals surface area contributed by atoms with Crippen LogP contribution >= 0.6 is 0 Å². The molecule has 1 unspecified atom stereocenters.